The highest BCUT2D eigenvalue weighted by molar-refractivity contribution is 5.95. The minimum atomic E-state index is -0.992. The first kappa shape index (κ1) is 13.7. The van der Waals surface area contributed by atoms with Crippen molar-refractivity contribution < 1.29 is 14.6 Å². The van der Waals surface area contributed by atoms with Gasteiger partial charge in [-0.25, -0.2) is 4.79 Å². The Morgan fingerprint density at radius 2 is 2.37 bits per heavy atom. The molecule has 1 aromatic rings. The van der Waals surface area contributed by atoms with Gasteiger partial charge in [-0.1, -0.05) is 0 Å². The maximum absolute atomic E-state index is 11.1. The molecule has 1 fully saturated rings. The number of carboxylic acid groups (broad SMARTS) is 1. The highest BCUT2D eigenvalue weighted by Gasteiger charge is 2.15. The molecule has 1 atom stereocenters. The number of carbonyl (C=O) groups is 1. The van der Waals surface area contributed by atoms with Crippen molar-refractivity contribution in [2.24, 2.45) is 5.92 Å². The molecule has 19 heavy (non-hydrogen) atoms. The van der Waals surface area contributed by atoms with Gasteiger partial charge in [-0.05, 0) is 43.4 Å². The summed E-state index contributed by atoms with van der Waals surface area (Å²) in [5.41, 5.74) is 7.84. The number of aryl methyl sites for hydroxylation is 1. The first-order valence-corrected chi connectivity index (χ1v) is 6.53. The number of benzene rings is 1. The van der Waals surface area contributed by atoms with E-state index in [1.807, 2.05) is 13.0 Å². The van der Waals surface area contributed by atoms with Gasteiger partial charge in [0.25, 0.3) is 0 Å². The van der Waals surface area contributed by atoms with Gasteiger partial charge in [0.05, 0.1) is 5.56 Å². The van der Waals surface area contributed by atoms with Crippen LogP contribution in [0.1, 0.15) is 28.8 Å². The summed E-state index contributed by atoms with van der Waals surface area (Å²) < 4.78 is 5.32. The van der Waals surface area contributed by atoms with Gasteiger partial charge in [-0.15, -0.1) is 0 Å². The zero-order valence-electron chi connectivity index (χ0n) is 11.1. The molecule has 1 unspecified atom stereocenters. The molecule has 1 aliphatic rings. The minimum Gasteiger partial charge on any atom is -0.478 e. The summed E-state index contributed by atoms with van der Waals surface area (Å²) in [7, 11) is 0. The summed E-state index contributed by atoms with van der Waals surface area (Å²) in [6.45, 7) is 4.33. The van der Waals surface area contributed by atoms with Crippen molar-refractivity contribution in [3.63, 3.8) is 0 Å². The fourth-order valence-corrected chi connectivity index (χ4v) is 2.31. The lowest BCUT2D eigenvalue weighted by Crippen LogP contribution is -2.11. The maximum Gasteiger partial charge on any atom is 0.337 e. The lowest BCUT2D eigenvalue weighted by molar-refractivity contribution is 0.0698. The molecule has 5 heteroatoms. The number of hydrogen-bond acceptors (Lipinski definition) is 4. The maximum atomic E-state index is 11.1. The molecule has 4 N–H and O–H groups in total. The van der Waals surface area contributed by atoms with E-state index in [2.05, 4.69) is 5.32 Å². The Morgan fingerprint density at radius 1 is 1.58 bits per heavy atom. The number of hydrogen-bond donors (Lipinski definition) is 3. The van der Waals surface area contributed by atoms with E-state index in [-0.39, 0.29) is 5.56 Å². The first-order chi connectivity index (χ1) is 9.08. The average Bonchev–Trinajstić information content (AvgIpc) is 2.86. The smallest absolute Gasteiger partial charge is 0.337 e. The number of nitrogen functional groups attached to an aromatic ring is 1. The van der Waals surface area contributed by atoms with E-state index in [0.29, 0.717) is 11.6 Å². The molecular formula is C14H20N2O3. The van der Waals surface area contributed by atoms with Crippen LogP contribution in [0.25, 0.3) is 0 Å². The second-order valence-electron chi connectivity index (χ2n) is 5.00. The van der Waals surface area contributed by atoms with Crippen molar-refractivity contribution in [2.75, 3.05) is 30.8 Å². The van der Waals surface area contributed by atoms with E-state index in [9.17, 15) is 4.79 Å². The zero-order chi connectivity index (χ0) is 13.8. The van der Waals surface area contributed by atoms with Gasteiger partial charge in [0.15, 0.2) is 0 Å². The topological polar surface area (TPSA) is 84.6 Å². The average molecular weight is 264 g/mol. The van der Waals surface area contributed by atoms with Crippen molar-refractivity contribution in [3.8, 4) is 0 Å². The second-order valence-corrected chi connectivity index (χ2v) is 5.00. The van der Waals surface area contributed by atoms with Crippen LogP contribution in [0.3, 0.4) is 0 Å². The summed E-state index contributed by atoms with van der Waals surface area (Å²) in [5, 5.41) is 12.3. The van der Waals surface area contributed by atoms with Gasteiger partial charge in [-0.3, -0.25) is 0 Å². The molecular weight excluding hydrogens is 244 g/mol. The van der Waals surface area contributed by atoms with Crippen LogP contribution in [0.5, 0.6) is 0 Å². The summed E-state index contributed by atoms with van der Waals surface area (Å²) >= 11 is 0. The molecule has 1 aromatic carbocycles. The van der Waals surface area contributed by atoms with E-state index < -0.39 is 5.97 Å². The van der Waals surface area contributed by atoms with Crippen LogP contribution in [-0.2, 0) is 4.74 Å². The number of nitrogens with one attached hydrogen (secondary N) is 1. The first-order valence-electron chi connectivity index (χ1n) is 6.53. The number of nitrogens with two attached hydrogens (primary N) is 1. The van der Waals surface area contributed by atoms with Gasteiger partial charge >= 0.3 is 5.97 Å². The van der Waals surface area contributed by atoms with E-state index in [1.54, 1.807) is 6.07 Å². The lowest BCUT2D eigenvalue weighted by Gasteiger charge is -2.13. The molecule has 0 aromatic heterocycles. The normalized spacial score (nSPS) is 18.5. The molecule has 0 spiro atoms. The van der Waals surface area contributed by atoms with E-state index >= 15 is 0 Å². The third-order valence-electron chi connectivity index (χ3n) is 3.52. The van der Waals surface area contributed by atoms with Crippen molar-refractivity contribution >= 4 is 17.3 Å². The van der Waals surface area contributed by atoms with Crippen LogP contribution in [-0.4, -0.2) is 30.8 Å². The summed E-state index contributed by atoms with van der Waals surface area (Å²) in [4.78, 5) is 11.1. The van der Waals surface area contributed by atoms with E-state index in [4.69, 9.17) is 15.6 Å². The van der Waals surface area contributed by atoms with Crippen LogP contribution in [0, 0.1) is 12.8 Å². The molecule has 1 saturated heterocycles. The molecule has 1 heterocycles. The molecule has 5 nitrogen and oxygen atoms in total. The molecule has 1 aliphatic heterocycles. The Labute approximate surface area is 112 Å². The Hall–Kier alpha value is -1.75. The monoisotopic (exact) mass is 264 g/mol. The highest BCUT2D eigenvalue weighted by Crippen LogP contribution is 2.23. The van der Waals surface area contributed by atoms with Crippen molar-refractivity contribution in [1.29, 1.82) is 0 Å². The molecule has 0 aliphatic carbocycles. The van der Waals surface area contributed by atoms with Crippen LogP contribution >= 0.6 is 0 Å². The SMILES string of the molecule is Cc1cc(NCCC2CCOC2)cc(C(=O)O)c1N. The summed E-state index contributed by atoms with van der Waals surface area (Å²) in [6.07, 6.45) is 2.15. The molecule has 2 rings (SSSR count). The van der Waals surface area contributed by atoms with Gasteiger partial charge in [0, 0.05) is 31.1 Å². The molecule has 0 saturated carbocycles. The number of carboxylic acids is 1. The fourth-order valence-electron chi connectivity index (χ4n) is 2.31. The Balaban J connectivity index is 1.97. The quantitative estimate of drug-likeness (QED) is 0.709. The molecule has 0 radical (unpaired) electrons. The third kappa shape index (κ3) is 3.38. The predicted octanol–water partition coefficient (Wildman–Crippen LogP) is 2.11. The fraction of sp³-hybridized carbons (Fsp3) is 0.500. The van der Waals surface area contributed by atoms with Crippen LogP contribution in [0.2, 0.25) is 0 Å². The van der Waals surface area contributed by atoms with Gasteiger partial charge in [-0.2, -0.15) is 0 Å². The van der Waals surface area contributed by atoms with Crippen molar-refractivity contribution in [1.82, 2.24) is 0 Å². The largest absolute Gasteiger partial charge is 0.478 e. The number of aromatic carboxylic acids is 1. The zero-order valence-corrected chi connectivity index (χ0v) is 11.1. The van der Waals surface area contributed by atoms with Gasteiger partial charge in [0.2, 0.25) is 0 Å². The van der Waals surface area contributed by atoms with Crippen molar-refractivity contribution in [2.45, 2.75) is 19.8 Å². The van der Waals surface area contributed by atoms with Crippen LogP contribution in [0.15, 0.2) is 12.1 Å². The van der Waals surface area contributed by atoms with Crippen molar-refractivity contribution in [3.05, 3.63) is 23.3 Å². The molecule has 0 bridgehead atoms. The number of anilines is 2. The van der Waals surface area contributed by atoms with Gasteiger partial charge in [0.1, 0.15) is 0 Å². The Morgan fingerprint density at radius 3 is 3.00 bits per heavy atom. The Kier molecular flexibility index (Phi) is 4.27. The van der Waals surface area contributed by atoms with Crippen LogP contribution < -0.4 is 11.1 Å². The third-order valence-corrected chi connectivity index (χ3v) is 3.52. The highest BCUT2D eigenvalue weighted by atomic mass is 16.5. The van der Waals surface area contributed by atoms with E-state index in [1.165, 1.54) is 0 Å². The summed E-state index contributed by atoms with van der Waals surface area (Å²) in [5.74, 6) is -0.380. The molecule has 0 amide bonds. The second kappa shape index (κ2) is 5.93. The Bertz CT molecular complexity index is 468. The number of ether oxygens (including phenoxy) is 1. The summed E-state index contributed by atoms with van der Waals surface area (Å²) in [6, 6.07) is 3.47. The number of rotatable bonds is 5. The van der Waals surface area contributed by atoms with Crippen LogP contribution in [0.4, 0.5) is 11.4 Å². The standard InChI is InChI=1S/C14H20N2O3/c1-9-6-11(7-12(13(9)15)14(17)18)16-4-2-10-3-5-19-8-10/h6-7,10,16H,2-5,8,15H2,1H3,(H,17,18). The minimum absolute atomic E-state index is 0.159. The van der Waals surface area contributed by atoms with Gasteiger partial charge < -0.3 is 20.9 Å². The molecule has 104 valence electrons. The lowest BCUT2D eigenvalue weighted by atomic mass is 10.0. The van der Waals surface area contributed by atoms with E-state index in [0.717, 1.165) is 43.9 Å². The predicted molar refractivity (Wildman–Crippen MR) is 74.6 cm³/mol.